The molecule has 4 heteroatoms. The Bertz CT molecular complexity index is 709. The van der Waals surface area contributed by atoms with Crippen LogP contribution in [0.25, 0.3) is 11.1 Å². The van der Waals surface area contributed by atoms with Gasteiger partial charge in [-0.25, -0.2) is 0 Å². The number of nitrogens with zero attached hydrogens (tertiary/aromatic N) is 1. The molecule has 0 bridgehead atoms. The van der Waals surface area contributed by atoms with Gasteiger partial charge in [0.25, 0.3) is 5.91 Å². The molecule has 0 aliphatic carbocycles. The molecular weight excluding hydrogens is 326 g/mol. The number of phenolic OH excluding ortho intramolecular Hbond substituents is 1. The van der Waals surface area contributed by atoms with E-state index >= 15 is 0 Å². The molecule has 2 aromatic rings. The number of benzene rings is 2. The third-order valence-corrected chi connectivity index (χ3v) is 5.11. The third-order valence-electron chi connectivity index (χ3n) is 5.11. The molecule has 1 fully saturated rings. The molecule has 0 unspecified atom stereocenters. The van der Waals surface area contributed by atoms with Crippen LogP contribution in [0, 0.1) is 0 Å². The van der Waals surface area contributed by atoms with Gasteiger partial charge in [-0.05, 0) is 67.5 Å². The predicted molar refractivity (Wildman–Crippen MR) is 103 cm³/mol. The highest BCUT2D eigenvalue weighted by Gasteiger charge is 2.27. The fourth-order valence-corrected chi connectivity index (χ4v) is 3.66. The van der Waals surface area contributed by atoms with E-state index in [9.17, 15) is 9.90 Å². The lowest BCUT2D eigenvalue weighted by Gasteiger charge is -2.36. The van der Waals surface area contributed by atoms with E-state index in [1.807, 2.05) is 36.4 Å². The van der Waals surface area contributed by atoms with Crippen molar-refractivity contribution < 1.29 is 14.6 Å². The number of amides is 1. The van der Waals surface area contributed by atoms with E-state index in [1.165, 1.54) is 6.42 Å². The van der Waals surface area contributed by atoms with Gasteiger partial charge in [0.2, 0.25) is 0 Å². The van der Waals surface area contributed by atoms with Crippen LogP contribution in [-0.2, 0) is 4.74 Å². The van der Waals surface area contributed by atoms with Gasteiger partial charge in [-0.15, -0.1) is 0 Å². The largest absolute Gasteiger partial charge is 0.508 e. The minimum absolute atomic E-state index is 0.129. The van der Waals surface area contributed by atoms with E-state index in [0.29, 0.717) is 6.04 Å². The topological polar surface area (TPSA) is 49.8 Å². The molecule has 1 saturated heterocycles. The molecule has 1 heterocycles. The minimum Gasteiger partial charge on any atom is -0.508 e. The highest BCUT2D eigenvalue weighted by molar-refractivity contribution is 5.95. The normalized spacial score (nSPS) is 17.3. The van der Waals surface area contributed by atoms with Crippen molar-refractivity contribution in [1.29, 1.82) is 0 Å². The Morgan fingerprint density at radius 1 is 1.08 bits per heavy atom. The Labute approximate surface area is 155 Å². The monoisotopic (exact) mass is 353 g/mol. The number of hydrogen-bond donors (Lipinski definition) is 1. The van der Waals surface area contributed by atoms with Crippen LogP contribution >= 0.6 is 0 Å². The minimum atomic E-state index is 0.129. The molecule has 0 aromatic heterocycles. The molecule has 0 radical (unpaired) electrons. The highest BCUT2D eigenvalue weighted by atomic mass is 16.5. The van der Waals surface area contributed by atoms with E-state index in [2.05, 4.69) is 4.90 Å². The van der Waals surface area contributed by atoms with Crippen molar-refractivity contribution in [2.45, 2.75) is 38.1 Å². The molecule has 3 rings (SSSR count). The standard InChI is InChI=1S/C22H27NO3/c1-26-16-4-6-20-5-2-3-15-23(20)22(25)19-9-7-17(8-10-19)18-11-13-21(24)14-12-18/h7-14,20,24H,2-6,15-16H2,1H3/t20-/m1/s1. The second kappa shape index (κ2) is 8.86. The van der Waals surface area contributed by atoms with Crippen LogP contribution in [0.15, 0.2) is 48.5 Å². The van der Waals surface area contributed by atoms with Gasteiger partial charge >= 0.3 is 0 Å². The number of hydrogen-bond acceptors (Lipinski definition) is 3. The summed E-state index contributed by atoms with van der Waals surface area (Å²) in [5.41, 5.74) is 2.81. The molecule has 1 N–H and O–H groups in total. The lowest BCUT2D eigenvalue weighted by Crippen LogP contribution is -2.43. The van der Waals surface area contributed by atoms with Crippen LogP contribution in [-0.4, -0.2) is 42.2 Å². The zero-order chi connectivity index (χ0) is 18.4. The van der Waals surface area contributed by atoms with Crippen LogP contribution in [0.3, 0.4) is 0 Å². The molecule has 138 valence electrons. The van der Waals surface area contributed by atoms with Crippen molar-refractivity contribution in [2.24, 2.45) is 0 Å². The molecular formula is C22H27NO3. The van der Waals surface area contributed by atoms with E-state index in [0.717, 1.165) is 55.5 Å². The van der Waals surface area contributed by atoms with Crippen LogP contribution in [0.4, 0.5) is 0 Å². The van der Waals surface area contributed by atoms with E-state index < -0.39 is 0 Å². The van der Waals surface area contributed by atoms with Crippen molar-refractivity contribution in [3.05, 3.63) is 54.1 Å². The number of piperidine rings is 1. The second-order valence-electron chi connectivity index (χ2n) is 6.91. The number of methoxy groups -OCH3 is 1. The zero-order valence-corrected chi connectivity index (χ0v) is 15.4. The fraction of sp³-hybridized carbons (Fsp3) is 0.409. The quantitative estimate of drug-likeness (QED) is 0.779. The summed E-state index contributed by atoms with van der Waals surface area (Å²) in [5.74, 6) is 0.384. The summed E-state index contributed by atoms with van der Waals surface area (Å²) < 4.78 is 5.16. The maximum absolute atomic E-state index is 13.0. The van der Waals surface area contributed by atoms with E-state index in [1.54, 1.807) is 19.2 Å². The molecule has 1 aliphatic heterocycles. The van der Waals surface area contributed by atoms with Gasteiger partial charge in [0, 0.05) is 31.9 Å². The zero-order valence-electron chi connectivity index (χ0n) is 15.4. The Balaban J connectivity index is 1.70. The maximum atomic E-state index is 13.0. The van der Waals surface area contributed by atoms with Gasteiger partial charge in [0.05, 0.1) is 0 Å². The number of ether oxygens (including phenoxy) is 1. The first-order valence-electron chi connectivity index (χ1n) is 9.38. The van der Waals surface area contributed by atoms with Gasteiger partial charge in [-0.1, -0.05) is 24.3 Å². The van der Waals surface area contributed by atoms with Crippen LogP contribution < -0.4 is 0 Å². The first-order chi connectivity index (χ1) is 12.7. The summed E-state index contributed by atoms with van der Waals surface area (Å²) >= 11 is 0. The van der Waals surface area contributed by atoms with Gasteiger partial charge in [0.1, 0.15) is 5.75 Å². The number of carbonyl (C=O) groups is 1. The number of rotatable bonds is 6. The molecule has 0 spiro atoms. The average Bonchev–Trinajstić information content (AvgIpc) is 2.69. The van der Waals surface area contributed by atoms with Crippen molar-refractivity contribution in [1.82, 2.24) is 4.90 Å². The summed E-state index contributed by atoms with van der Waals surface area (Å²) in [6.45, 7) is 1.59. The van der Waals surface area contributed by atoms with Crippen molar-refractivity contribution in [3.8, 4) is 16.9 Å². The summed E-state index contributed by atoms with van der Waals surface area (Å²) in [7, 11) is 1.72. The van der Waals surface area contributed by atoms with Gasteiger partial charge in [-0.2, -0.15) is 0 Å². The Morgan fingerprint density at radius 3 is 2.38 bits per heavy atom. The molecule has 4 nitrogen and oxygen atoms in total. The van der Waals surface area contributed by atoms with Crippen LogP contribution in [0.2, 0.25) is 0 Å². The predicted octanol–water partition coefficient (Wildman–Crippen LogP) is 4.48. The van der Waals surface area contributed by atoms with Gasteiger partial charge in [-0.3, -0.25) is 4.79 Å². The second-order valence-corrected chi connectivity index (χ2v) is 6.91. The molecule has 2 aromatic carbocycles. The Hall–Kier alpha value is -2.33. The van der Waals surface area contributed by atoms with E-state index in [-0.39, 0.29) is 11.7 Å². The Morgan fingerprint density at radius 2 is 1.73 bits per heavy atom. The smallest absolute Gasteiger partial charge is 0.254 e. The molecule has 1 atom stereocenters. The molecule has 1 aliphatic rings. The summed E-state index contributed by atoms with van der Waals surface area (Å²) in [6, 6.07) is 15.2. The number of likely N-dealkylation sites (tertiary alicyclic amines) is 1. The Kier molecular flexibility index (Phi) is 6.29. The molecule has 0 saturated carbocycles. The SMILES string of the molecule is COCCC[C@H]1CCCCN1C(=O)c1ccc(-c2ccc(O)cc2)cc1. The maximum Gasteiger partial charge on any atom is 0.254 e. The highest BCUT2D eigenvalue weighted by Crippen LogP contribution is 2.25. The first kappa shape index (κ1) is 18.5. The van der Waals surface area contributed by atoms with Gasteiger partial charge < -0.3 is 14.7 Å². The lowest BCUT2D eigenvalue weighted by atomic mass is 9.96. The van der Waals surface area contributed by atoms with Crippen LogP contribution in [0.1, 0.15) is 42.5 Å². The van der Waals surface area contributed by atoms with Crippen molar-refractivity contribution in [2.75, 3.05) is 20.3 Å². The summed E-state index contributed by atoms with van der Waals surface area (Å²) in [5, 5.41) is 9.41. The lowest BCUT2D eigenvalue weighted by molar-refractivity contribution is 0.0585. The third kappa shape index (κ3) is 4.44. The van der Waals surface area contributed by atoms with Crippen LogP contribution in [0.5, 0.6) is 5.75 Å². The summed E-state index contributed by atoms with van der Waals surface area (Å²) in [4.78, 5) is 15.0. The fourth-order valence-electron chi connectivity index (χ4n) is 3.66. The first-order valence-corrected chi connectivity index (χ1v) is 9.38. The molecule has 26 heavy (non-hydrogen) atoms. The number of phenols is 1. The van der Waals surface area contributed by atoms with Crippen molar-refractivity contribution >= 4 is 5.91 Å². The average molecular weight is 353 g/mol. The summed E-state index contributed by atoms with van der Waals surface area (Å²) in [6.07, 6.45) is 5.36. The number of carbonyl (C=O) groups excluding carboxylic acids is 1. The number of aromatic hydroxyl groups is 1. The van der Waals surface area contributed by atoms with Crippen molar-refractivity contribution in [3.63, 3.8) is 0 Å². The van der Waals surface area contributed by atoms with E-state index in [4.69, 9.17) is 4.74 Å². The molecule has 1 amide bonds. The van der Waals surface area contributed by atoms with Gasteiger partial charge in [0.15, 0.2) is 0 Å².